The SMILES string of the molecule is CC(O)c1csc(NS(=O)(=O)c2cccc3nsnc23)n1. The molecule has 1 aromatic carbocycles. The van der Waals surface area contributed by atoms with Gasteiger partial charge in [0, 0.05) is 5.38 Å². The molecule has 0 fully saturated rings. The summed E-state index contributed by atoms with van der Waals surface area (Å²) in [6, 6.07) is 4.78. The van der Waals surface area contributed by atoms with Gasteiger partial charge in [-0.3, -0.25) is 4.72 Å². The van der Waals surface area contributed by atoms with E-state index in [4.69, 9.17) is 0 Å². The van der Waals surface area contributed by atoms with Crippen molar-refractivity contribution in [2.24, 2.45) is 0 Å². The van der Waals surface area contributed by atoms with Gasteiger partial charge in [0.05, 0.1) is 23.5 Å². The van der Waals surface area contributed by atoms with E-state index in [2.05, 4.69) is 18.5 Å². The minimum atomic E-state index is -3.80. The summed E-state index contributed by atoms with van der Waals surface area (Å²) in [5.74, 6) is 0. The first kappa shape index (κ1) is 14.3. The van der Waals surface area contributed by atoms with Gasteiger partial charge in [0.25, 0.3) is 10.0 Å². The van der Waals surface area contributed by atoms with E-state index in [1.807, 2.05) is 0 Å². The average Bonchev–Trinajstić information content (AvgIpc) is 3.05. The fraction of sp³-hybridized carbons (Fsp3) is 0.182. The normalized spacial score (nSPS) is 13.4. The summed E-state index contributed by atoms with van der Waals surface area (Å²) in [5, 5.41) is 11.2. The van der Waals surface area contributed by atoms with Crippen LogP contribution in [0.5, 0.6) is 0 Å². The third-order valence-corrected chi connectivity index (χ3v) is 5.53. The van der Waals surface area contributed by atoms with Crippen LogP contribution in [0.2, 0.25) is 0 Å². The van der Waals surface area contributed by atoms with Crippen molar-refractivity contribution >= 4 is 49.3 Å². The molecule has 0 aliphatic heterocycles. The maximum absolute atomic E-state index is 12.4. The first-order chi connectivity index (χ1) is 9.97. The monoisotopic (exact) mass is 342 g/mol. The van der Waals surface area contributed by atoms with E-state index in [-0.39, 0.29) is 10.0 Å². The molecule has 2 N–H and O–H groups in total. The number of sulfonamides is 1. The summed E-state index contributed by atoms with van der Waals surface area (Å²) in [5.41, 5.74) is 1.29. The maximum Gasteiger partial charge on any atom is 0.265 e. The van der Waals surface area contributed by atoms with Crippen LogP contribution in [0.25, 0.3) is 11.0 Å². The van der Waals surface area contributed by atoms with E-state index in [1.54, 1.807) is 24.4 Å². The zero-order valence-electron chi connectivity index (χ0n) is 10.7. The molecular formula is C11H10N4O3S3. The lowest BCUT2D eigenvalue weighted by atomic mass is 10.3. The van der Waals surface area contributed by atoms with Gasteiger partial charge in [0.2, 0.25) is 0 Å². The number of nitrogens with one attached hydrogen (secondary N) is 1. The molecule has 0 bridgehead atoms. The zero-order chi connectivity index (χ0) is 15.0. The molecule has 110 valence electrons. The van der Waals surface area contributed by atoms with Crippen molar-refractivity contribution in [3.8, 4) is 0 Å². The molecular weight excluding hydrogens is 332 g/mol. The van der Waals surface area contributed by atoms with E-state index >= 15 is 0 Å². The highest BCUT2D eigenvalue weighted by Gasteiger charge is 2.21. The van der Waals surface area contributed by atoms with E-state index in [1.165, 1.54) is 6.07 Å². The minimum absolute atomic E-state index is 0.0579. The minimum Gasteiger partial charge on any atom is -0.387 e. The first-order valence-electron chi connectivity index (χ1n) is 5.85. The Balaban J connectivity index is 1.98. The van der Waals surface area contributed by atoms with E-state index in [0.29, 0.717) is 16.7 Å². The molecule has 0 spiro atoms. The highest BCUT2D eigenvalue weighted by Crippen LogP contribution is 2.26. The summed E-state index contributed by atoms with van der Waals surface area (Å²) < 4.78 is 35.3. The van der Waals surface area contributed by atoms with E-state index < -0.39 is 16.1 Å². The van der Waals surface area contributed by atoms with Gasteiger partial charge in [0.15, 0.2) is 5.13 Å². The van der Waals surface area contributed by atoms with E-state index in [0.717, 1.165) is 23.1 Å². The number of rotatable bonds is 4. The van der Waals surface area contributed by atoms with Crippen molar-refractivity contribution < 1.29 is 13.5 Å². The molecule has 0 saturated heterocycles. The van der Waals surface area contributed by atoms with Crippen LogP contribution < -0.4 is 4.72 Å². The number of fused-ring (bicyclic) bond motifs is 1. The summed E-state index contributed by atoms with van der Waals surface area (Å²) in [4.78, 5) is 4.09. The molecule has 0 aliphatic carbocycles. The number of anilines is 1. The van der Waals surface area contributed by atoms with E-state index in [9.17, 15) is 13.5 Å². The van der Waals surface area contributed by atoms with Gasteiger partial charge in [0.1, 0.15) is 15.9 Å². The molecule has 1 unspecified atom stereocenters. The molecule has 7 nitrogen and oxygen atoms in total. The van der Waals surface area contributed by atoms with Crippen molar-refractivity contribution in [3.63, 3.8) is 0 Å². The number of aliphatic hydroxyl groups excluding tert-OH is 1. The Labute approximate surface area is 128 Å². The van der Waals surface area contributed by atoms with Crippen LogP contribution in [0.3, 0.4) is 0 Å². The lowest BCUT2D eigenvalue weighted by Gasteiger charge is -2.05. The second kappa shape index (κ2) is 5.30. The van der Waals surface area contributed by atoms with Crippen LogP contribution in [0.15, 0.2) is 28.5 Å². The lowest BCUT2D eigenvalue weighted by Crippen LogP contribution is -2.13. The van der Waals surface area contributed by atoms with Gasteiger partial charge in [-0.05, 0) is 19.1 Å². The lowest BCUT2D eigenvalue weighted by molar-refractivity contribution is 0.195. The van der Waals surface area contributed by atoms with Crippen LogP contribution in [0.1, 0.15) is 18.7 Å². The van der Waals surface area contributed by atoms with Crippen molar-refractivity contribution in [2.75, 3.05) is 4.72 Å². The molecule has 0 aliphatic rings. The van der Waals surface area contributed by atoms with Gasteiger partial charge in [-0.25, -0.2) is 13.4 Å². The largest absolute Gasteiger partial charge is 0.387 e. The van der Waals surface area contributed by atoms with Crippen molar-refractivity contribution in [3.05, 3.63) is 29.3 Å². The first-order valence-corrected chi connectivity index (χ1v) is 8.94. The zero-order valence-corrected chi connectivity index (χ0v) is 13.2. The van der Waals surface area contributed by atoms with Crippen LogP contribution in [-0.4, -0.2) is 27.3 Å². The Morgan fingerprint density at radius 1 is 1.33 bits per heavy atom. The molecule has 10 heteroatoms. The third kappa shape index (κ3) is 2.75. The highest BCUT2D eigenvalue weighted by molar-refractivity contribution is 7.93. The van der Waals surface area contributed by atoms with Gasteiger partial charge < -0.3 is 5.11 Å². The Hall–Kier alpha value is -1.62. The highest BCUT2D eigenvalue weighted by atomic mass is 32.2. The van der Waals surface area contributed by atoms with Crippen molar-refractivity contribution in [1.82, 2.24) is 13.7 Å². The van der Waals surface area contributed by atoms with Crippen LogP contribution in [0, 0.1) is 0 Å². The van der Waals surface area contributed by atoms with Crippen LogP contribution in [-0.2, 0) is 10.0 Å². The molecule has 0 saturated carbocycles. The van der Waals surface area contributed by atoms with Gasteiger partial charge >= 0.3 is 0 Å². The Kier molecular flexibility index (Phi) is 3.61. The molecule has 0 radical (unpaired) electrons. The molecule has 1 atom stereocenters. The van der Waals surface area contributed by atoms with Crippen LogP contribution >= 0.6 is 23.1 Å². The average molecular weight is 342 g/mol. The number of aromatic nitrogens is 3. The van der Waals surface area contributed by atoms with Gasteiger partial charge in [-0.1, -0.05) is 6.07 Å². The molecule has 21 heavy (non-hydrogen) atoms. The Bertz CT molecular complexity index is 885. The van der Waals surface area contributed by atoms with Crippen LogP contribution in [0.4, 0.5) is 5.13 Å². The van der Waals surface area contributed by atoms with Gasteiger partial charge in [-0.15, -0.1) is 11.3 Å². The molecule has 3 aromatic rings. The molecule has 3 rings (SSSR count). The number of thiazole rings is 1. The maximum atomic E-state index is 12.4. The Morgan fingerprint density at radius 2 is 2.14 bits per heavy atom. The number of hydrogen-bond donors (Lipinski definition) is 2. The number of aliphatic hydroxyl groups is 1. The molecule has 2 aromatic heterocycles. The standard InChI is InChI=1S/C11H10N4O3S3/c1-6(16)8-5-19-11(12-8)15-21(17,18)9-4-2-3-7-10(9)14-20-13-7/h2-6,16H,1H3,(H,12,15). The molecule has 0 amide bonds. The molecule has 2 heterocycles. The van der Waals surface area contributed by atoms with Crippen molar-refractivity contribution in [2.45, 2.75) is 17.9 Å². The predicted octanol–water partition coefficient (Wildman–Crippen LogP) is 2.00. The predicted molar refractivity (Wildman–Crippen MR) is 81.0 cm³/mol. The second-order valence-electron chi connectivity index (χ2n) is 4.25. The van der Waals surface area contributed by atoms with Crippen molar-refractivity contribution in [1.29, 1.82) is 0 Å². The summed E-state index contributed by atoms with van der Waals surface area (Å²) in [6.45, 7) is 1.56. The topological polar surface area (TPSA) is 105 Å². The summed E-state index contributed by atoms with van der Waals surface area (Å²) in [6.07, 6.45) is -0.745. The fourth-order valence-corrected chi connectivity index (χ4v) is 4.51. The number of benzene rings is 1. The summed E-state index contributed by atoms with van der Waals surface area (Å²) >= 11 is 2.07. The smallest absolute Gasteiger partial charge is 0.265 e. The number of nitrogens with zero attached hydrogens (tertiary/aromatic N) is 3. The fourth-order valence-electron chi connectivity index (χ4n) is 1.69. The summed E-state index contributed by atoms with van der Waals surface area (Å²) in [7, 11) is -3.80. The third-order valence-electron chi connectivity index (χ3n) is 2.71. The quantitative estimate of drug-likeness (QED) is 0.751. The second-order valence-corrected chi connectivity index (χ2v) is 7.28. The number of hydrogen-bond acceptors (Lipinski definition) is 8. The Morgan fingerprint density at radius 3 is 2.86 bits per heavy atom. The van der Waals surface area contributed by atoms with Gasteiger partial charge in [-0.2, -0.15) is 8.75 Å².